The lowest BCUT2D eigenvalue weighted by atomic mass is 10.0. The summed E-state index contributed by atoms with van der Waals surface area (Å²) in [5, 5.41) is 0. The smallest absolute Gasteiger partial charge is 0.0945 e. The molecule has 0 aromatic carbocycles. The van der Waals surface area contributed by atoms with Gasteiger partial charge in [-0.05, 0) is 32.1 Å². The zero-order valence-corrected chi connectivity index (χ0v) is 27.9. The normalized spacial score (nSPS) is 11.9. The van der Waals surface area contributed by atoms with Crippen molar-refractivity contribution in [1.82, 2.24) is 0 Å². The lowest BCUT2D eigenvalue weighted by Crippen LogP contribution is -2.12. The van der Waals surface area contributed by atoms with Crippen LogP contribution >= 0.6 is 7.26 Å². The highest BCUT2D eigenvalue weighted by atomic mass is 32.2. The van der Waals surface area contributed by atoms with Crippen molar-refractivity contribution in [3.8, 4) is 0 Å². The van der Waals surface area contributed by atoms with Gasteiger partial charge in [0.2, 0.25) is 0 Å². The second-order valence-electron chi connectivity index (χ2n) is 11.5. The van der Waals surface area contributed by atoms with Gasteiger partial charge in [-0.2, -0.15) is 0 Å². The highest BCUT2D eigenvalue weighted by Gasteiger charge is 2.34. The van der Waals surface area contributed by atoms with E-state index in [0.29, 0.717) is 6.42 Å². The van der Waals surface area contributed by atoms with E-state index in [9.17, 15) is 13.0 Å². The maximum absolute atomic E-state index is 10.4. The van der Waals surface area contributed by atoms with Crippen LogP contribution in [0, 0.1) is 0 Å². The van der Waals surface area contributed by atoms with Crippen LogP contribution < -0.4 is 0 Å². The molecule has 0 aliphatic heterocycles. The molecule has 0 aromatic rings. The van der Waals surface area contributed by atoms with Gasteiger partial charge in [-0.25, -0.2) is 8.42 Å². The van der Waals surface area contributed by atoms with Crippen molar-refractivity contribution in [1.29, 1.82) is 0 Å². The summed E-state index contributed by atoms with van der Waals surface area (Å²) in [5.41, 5.74) is 0. The van der Waals surface area contributed by atoms with Gasteiger partial charge in [-0.3, -0.25) is 0 Å². The Morgan fingerprint density at radius 2 is 0.649 bits per heavy atom. The fourth-order valence-corrected chi connectivity index (χ4v) is 11.0. The average molecular weight is 565 g/mol. The summed E-state index contributed by atoms with van der Waals surface area (Å²) in [5.74, 6) is -0.189. The molecule has 5 heteroatoms. The number of unbranched alkanes of at least 4 members (excludes halogenated alkanes) is 17. The largest absolute Gasteiger partial charge is 0.748 e. The van der Waals surface area contributed by atoms with Crippen LogP contribution in [-0.2, 0) is 10.1 Å². The molecule has 0 radical (unpaired) electrons. The zero-order chi connectivity index (χ0) is 28.1. The first-order valence-electron chi connectivity index (χ1n) is 16.6. The molecule has 0 rings (SSSR count). The molecule has 0 aliphatic rings. The van der Waals surface area contributed by atoms with E-state index in [1.165, 1.54) is 122 Å². The van der Waals surface area contributed by atoms with E-state index in [1.807, 2.05) is 0 Å². The molecular formula is C32H69O3PS. The quantitative estimate of drug-likeness (QED) is 0.0566. The molecule has 0 fully saturated rings. The Bertz CT molecular complexity index is 499. The number of hydrogen-bond donors (Lipinski definition) is 0. The summed E-state index contributed by atoms with van der Waals surface area (Å²) in [7, 11) is -4.55. The van der Waals surface area contributed by atoms with E-state index < -0.39 is 17.4 Å². The van der Waals surface area contributed by atoms with Crippen LogP contribution in [0.2, 0.25) is 0 Å². The SMILES string of the molecule is CCCCCCCCCCCCCCCCS(=O)(=O)[O-].CCCC[P+](CCCC)(CCCC)CCCC. The Hall–Kier alpha value is 0.340. The lowest BCUT2D eigenvalue weighted by Gasteiger charge is -2.28. The Balaban J connectivity index is 0. The molecule has 3 nitrogen and oxygen atoms in total. The minimum Gasteiger partial charge on any atom is -0.748 e. The van der Waals surface area contributed by atoms with Crippen LogP contribution in [0.3, 0.4) is 0 Å². The third kappa shape index (κ3) is 30.7. The standard InChI is InChI=1S/C16H34O3S.C16H36P/c1-2-3-4-5-6-7-8-9-10-11-12-13-14-15-16-20(17,18)19;1-5-9-13-17(14-10-6-2,15-11-7-3)16-12-8-4/h2-16H2,1H3,(H,17,18,19);5-16H2,1-4H3/q;+1/p-1. The summed E-state index contributed by atoms with van der Waals surface area (Å²) >= 11 is 0. The molecule has 226 valence electrons. The highest BCUT2D eigenvalue weighted by molar-refractivity contribution is 7.85. The van der Waals surface area contributed by atoms with Gasteiger partial charge in [0.1, 0.15) is 0 Å². The van der Waals surface area contributed by atoms with Crippen molar-refractivity contribution in [2.24, 2.45) is 0 Å². The van der Waals surface area contributed by atoms with Crippen LogP contribution in [0.5, 0.6) is 0 Å². The molecule has 0 unspecified atom stereocenters. The van der Waals surface area contributed by atoms with Gasteiger partial charge in [0.25, 0.3) is 0 Å². The number of hydrogen-bond acceptors (Lipinski definition) is 3. The minimum atomic E-state index is -3.99. The Labute approximate surface area is 236 Å². The molecule has 37 heavy (non-hydrogen) atoms. The molecule has 0 saturated carbocycles. The molecule has 0 amide bonds. The van der Waals surface area contributed by atoms with Gasteiger partial charge in [0, 0.05) is 13.0 Å². The predicted molar refractivity (Wildman–Crippen MR) is 171 cm³/mol. The zero-order valence-electron chi connectivity index (χ0n) is 26.2. The van der Waals surface area contributed by atoms with E-state index >= 15 is 0 Å². The molecule has 0 heterocycles. The van der Waals surface area contributed by atoms with Gasteiger partial charge in [0.15, 0.2) is 0 Å². The van der Waals surface area contributed by atoms with Crippen LogP contribution in [0.4, 0.5) is 0 Å². The average Bonchev–Trinajstić information content (AvgIpc) is 2.88. The van der Waals surface area contributed by atoms with Crippen molar-refractivity contribution in [2.45, 2.75) is 176 Å². The first-order valence-corrected chi connectivity index (χ1v) is 20.7. The van der Waals surface area contributed by atoms with E-state index in [-0.39, 0.29) is 5.75 Å². The molecule has 0 atom stereocenters. The van der Waals surface area contributed by atoms with E-state index in [0.717, 1.165) is 12.8 Å². The van der Waals surface area contributed by atoms with Crippen LogP contribution in [-0.4, -0.2) is 43.4 Å². The summed E-state index contributed by atoms with van der Waals surface area (Å²) in [6.07, 6.45) is 35.1. The maximum atomic E-state index is 10.4. The van der Waals surface area contributed by atoms with Crippen LogP contribution in [0.1, 0.15) is 176 Å². The predicted octanol–water partition coefficient (Wildman–Crippen LogP) is 11.2. The van der Waals surface area contributed by atoms with Crippen molar-refractivity contribution >= 4 is 17.4 Å². The van der Waals surface area contributed by atoms with E-state index in [1.54, 1.807) is 24.6 Å². The van der Waals surface area contributed by atoms with Crippen LogP contribution in [0.15, 0.2) is 0 Å². The fourth-order valence-electron chi connectivity index (χ4n) is 5.12. The second-order valence-corrected chi connectivity index (χ2v) is 17.5. The topological polar surface area (TPSA) is 57.2 Å². The Morgan fingerprint density at radius 1 is 0.405 bits per heavy atom. The Kier molecular flexibility index (Phi) is 31.3. The van der Waals surface area contributed by atoms with Crippen molar-refractivity contribution < 1.29 is 13.0 Å². The van der Waals surface area contributed by atoms with Gasteiger partial charge >= 0.3 is 0 Å². The first kappa shape index (κ1) is 39.5. The summed E-state index contributed by atoms with van der Waals surface area (Å²) in [6.45, 7) is 11.7. The van der Waals surface area contributed by atoms with E-state index in [2.05, 4.69) is 34.6 Å². The summed E-state index contributed by atoms with van der Waals surface area (Å²) in [6, 6.07) is 0. The van der Waals surface area contributed by atoms with E-state index in [4.69, 9.17) is 0 Å². The van der Waals surface area contributed by atoms with Gasteiger partial charge in [0.05, 0.1) is 34.8 Å². The van der Waals surface area contributed by atoms with Gasteiger partial charge in [-0.1, -0.05) is 144 Å². The summed E-state index contributed by atoms with van der Waals surface area (Å²) < 4.78 is 31.2. The third-order valence-electron chi connectivity index (χ3n) is 7.69. The molecule has 0 aromatic heterocycles. The summed E-state index contributed by atoms with van der Waals surface area (Å²) in [4.78, 5) is 0. The van der Waals surface area contributed by atoms with Crippen molar-refractivity contribution in [2.75, 3.05) is 30.4 Å². The molecule has 0 aliphatic carbocycles. The molecule has 0 bridgehead atoms. The minimum absolute atomic E-state index is 0.189. The molecule has 0 spiro atoms. The van der Waals surface area contributed by atoms with Gasteiger partial charge < -0.3 is 4.55 Å². The molecule has 0 saturated heterocycles. The Morgan fingerprint density at radius 3 is 0.892 bits per heavy atom. The fraction of sp³-hybridized carbons (Fsp3) is 1.00. The molecular weight excluding hydrogens is 495 g/mol. The number of rotatable bonds is 27. The third-order valence-corrected chi connectivity index (χ3v) is 13.5. The van der Waals surface area contributed by atoms with Crippen LogP contribution in [0.25, 0.3) is 0 Å². The lowest BCUT2D eigenvalue weighted by molar-refractivity contribution is 0.459. The van der Waals surface area contributed by atoms with Crippen molar-refractivity contribution in [3.63, 3.8) is 0 Å². The maximum Gasteiger partial charge on any atom is 0.0945 e. The first-order chi connectivity index (χ1) is 17.8. The van der Waals surface area contributed by atoms with Gasteiger partial charge in [-0.15, -0.1) is 0 Å². The monoisotopic (exact) mass is 564 g/mol. The molecule has 0 N–H and O–H groups in total. The highest BCUT2D eigenvalue weighted by Crippen LogP contribution is 2.61. The second kappa shape index (κ2) is 29.3. The van der Waals surface area contributed by atoms with Crippen molar-refractivity contribution in [3.05, 3.63) is 0 Å².